The average Bonchev–Trinajstić information content (AvgIpc) is 2.09. The molecule has 6 heteroatoms. The van der Waals surface area contributed by atoms with Gasteiger partial charge in [0, 0.05) is 6.08 Å². The van der Waals surface area contributed by atoms with Gasteiger partial charge in [-0.2, -0.15) is 0 Å². The van der Waals surface area contributed by atoms with Gasteiger partial charge in [0.2, 0.25) is 0 Å². The van der Waals surface area contributed by atoms with Crippen LogP contribution in [0.2, 0.25) is 0 Å². The molecule has 0 atom stereocenters. The lowest BCUT2D eigenvalue weighted by Crippen LogP contribution is -2.46. The first-order chi connectivity index (χ1) is 7.13. The van der Waals surface area contributed by atoms with Crippen LogP contribution < -0.4 is 5.32 Å². The van der Waals surface area contributed by atoms with Gasteiger partial charge in [-0.3, -0.25) is 0 Å². The van der Waals surface area contributed by atoms with Gasteiger partial charge in [-0.1, -0.05) is 0 Å². The molecule has 0 aromatic rings. The molecule has 0 amide bonds. The van der Waals surface area contributed by atoms with Crippen LogP contribution in [-0.4, -0.2) is 38.3 Å². The number of halogens is 2. The van der Waals surface area contributed by atoms with E-state index in [0.29, 0.717) is 13.2 Å². The van der Waals surface area contributed by atoms with Gasteiger partial charge in [0.25, 0.3) is 6.43 Å². The van der Waals surface area contributed by atoms with Gasteiger partial charge in [-0.15, -0.1) is 0 Å². The van der Waals surface area contributed by atoms with Crippen molar-refractivity contribution in [2.45, 2.75) is 19.4 Å². The first-order valence-corrected chi connectivity index (χ1v) is 4.64. The first-order valence-electron chi connectivity index (χ1n) is 4.64. The number of nitrogens with one attached hydrogen (secondary N) is 1. The van der Waals surface area contributed by atoms with Gasteiger partial charge in [-0.25, -0.2) is 13.6 Å². The summed E-state index contributed by atoms with van der Waals surface area (Å²) in [4.78, 5) is 10.9. The van der Waals surface area contributed by atoms with E-state index in [0.717, 1.165) is 6.08 Å². The second kappa shape index (κ2) is 5.65. The van der Waals surface area contributed by atoms with Crippen molar-refractivity contribution in [1.82, 2.24) is 5.32 Å². The number of carbonyl (C=O) groups excluding carboxylic acids is 1. The van der Waals surface area contributed by atoms with Crippen molar-refractivity contribution in [3.8, 4) is 0 Å². The number of rotatable bonds is 5. The Morgan fingerprint density at radius 1 is 1.67 bits per heavy atom. The minimum atomic E-state index is -2.71. The quantitative estimate of drug-likeness (QED) is 0.548. The molecule has 1 rings (SSSR count). The lowest BCUT2D eigenvalue weighted by atomic mass is 10.2. The number of esters is 1. The second-order valence-electron chi connectivity index (χ2n) is 3.03. The monoisotopic (exact) mass is 221 g/mol. The maximum absolute atomic E-state index is 12.4. The van der Waals surface area contributed by atoms with Gasteiger partial charge >= 0.3 is 5.97 Å². The largest absolute Gasteiger partial charge is 0.463 e. The molecule has 0 aliphatic carbocycles. The summed E-state index contributed by atoms with van der Waals surface area (Å²) in [7, 11) is 0. The van der Waals surface area contributed by atoms with E-state index in [4.69, 9.17) is 4.74 Å². The van der Waals surface area contributed by atoms with Crippen LogP contribution in [-0.2, 0) is 14.3 Å². The SMILES string of the molecule is CCOC(=O)C=C(NC1COC1)C(F)F. The summed E-state index contributed by atoms with van der Waals surface area (Å²) in [6, 6.07) is -0.139. The highest BCUT2D eigenvalue weighted by Crippen LogP contribution is 2.10. The van der Waals surface area contributed by atoms with Gasteiger partial charge in [0.15, 0.2) is 0 Å². The number of carbonyl (C=O) groups is 1. The van der Waals surface area contributed by atoms with Crippen molar-refractivity contribution in [2.75, 3.05) is 19.8 Å². The van der Waals surface area contributed by atoms with Crippen molar-refractivity contribution in [1.29, 1.82) is 0 Å². The van der Waals surface area contributed by atoms with Crippen LogP contribution in [0.4, 0.5) is 8.78 Å². The topological polar surface area (TPSA) is 47.6 Å². The normalized spacial score (nSPS) is 17.5. The number of hydrogen-bond acceptors (Lipinski definition) is 4. The molecular formula is C9H13F2NO3. The molecule has 1 saturated heterocycles. The summed E-state index contributed by atoms with van der Waals surface area (Å²) in [5, 5.41) is 2.53. The van der Waals surface area contributed by atoms with Gasteiger partial charge in [-0.05, 0) is 6.92 Å². The van der Waals surface area contributed by atoms with Crippen molar-refractivity contribution >= 4 is 5.97 Å². The van der Waals surface area contributed by atoms with Crippen molar-refractivity contribution < 1.29 is 23.0 Å². The zero-order valence-corrected chi connectivity index (χ0v) is 8.33. The lowest BCUT2D eigenvalue weighted by Gasteiger charge is -2.28. The Labute approximate surface area is 86.2 Å². The molecule has 1 aliphatic heterocycles. The minimum absolute atomic E-state index is 0.139. The van der Waals surface area contributed by atoms with Crippen LogP contribution in [0, 0.1) is 0 Å². The Morgan fingerprint density at radius 2 is 2.33 bits per heavy atom. The fourth-order valence-electron chi connectivity index (χ4n) is 1.03. The van der Waals surface area contributed by atoms with E-state index < -0.39 is 18.1 Å². The molecule has 0 aromatic carbocycles. The third kappa shape index (κ3) is 3.83. The number of ether oxygens (including phenoxy) is 2. The summed E-state index contributed by atoms with van der Waals surface area (Å²) in [6.45, 7) is 2.54. The summed E-state index contributed by atoms with van der Waals surface area (Å²) in [5.41, 5.74) is -0.415. The molecule has 1 fully saturated rings. The number of hydrogen-bond donors (Lipinski definition) is 1. The molecule has 0 saturated carbocycles. The zero-order chi connectivity index (χ0) is 11.3. The molecule has 4 nitrogen and oxygen atoms in total. The summed E-state index contributed by atoms with van der Waals surface area (Å²) >= 11 is 0. The fourth-order valence-corrected chi connectivity index (χ4v) is 1.03. The van der Waals surface area contributed by atoms with Crippen molar-refractivity contribution in [2.24, 2.45) is 0 Å². The van der Waals surface area contributed by atoms with Crippen LogP contribution in [0.5, 0.6) is 0 Å². The van der Waals surface area contributed by atoms with E-state index in [1.807, 2.05) is 0 Å². The van der Waals surface area contributed by atoms with E-state index in [1.165, 1.54) is 0 Å². The van der Waals surface area contributed by atoms with E-state index in [2.05, 4.69) is 10.1 Å². The number of alkyl halides is 2. The van der Waals surface area contributed by atoms with E-state index in [1.54, 1.807) is 6.92 Å². The molecule has 15 heavy (non-hydrogen) atoms. The highest BCUT2D eigenvalue weighted by atomic mass is 19.3. The maximum atomic E-state index is 12.4. The van der Waals surface area contributed by atoms with Crippen LogP contribution >= 0.6 is 0 Å². The molecule has 0 aromatic heterocycles. The molecule has 86 valence electrons. The van der Waals surface area contributed by atoms with Gasteiger partial charge < -0.3 is 14.8 Å². The summed E-state index contributed by atoms with van der Waals surface area (Å²) in [5.74, 6) is -0.763. The fraction of sp³-hybridized carbons (Fsp3) is 0.667. The maximum Gasteiger partial charge on any atom is 0.332 e. The Kier molecular flexibility index (Phi) is 4.48. The summed E-state index contributed by atoms with van der Waals surface area (Å²) < 4.78 is 34.2. The zero-order valence-electron chi connectivity index (χ0n) is 8.33. The molecule has 0 bridgehead atoms. The molecule has 0 unspecified atom stereocenters. The molecule has 1 heterocycles. The Morgan fingerprint density at radius 3 is 2.73 bits per heavy atom. The van der Waals surface area contributed by atoms with Crippen LogP contribution in [0.3, 0.4) is 0 Å². The van der Waals surface area contributed by atoms with E-state index >= 15 is 0 Å². The summed E-state index contributed by atoms with van der Waals surface area (Å²) in [6.07, 6.45) is -1.93. The van der Waals surface area contributed by atoms with E-state index in [-0.39, 0.29) is 12.6 Å². The van der Waals surface area contributed by atoms with Crippen LogP contribution in [0.1, 0.15) is 6.92 Å². The van der Waals surface area contributed by atoms with E-state index in [9.17, 15) is 13.6 Å². The standard InChI is InChI=1S/C9H13F2NO3/c1-2-15-8(13)3-7(9(10)11)12-6-4-14-5-6/h3,6,9,12H,2,4-5H2,1H3. The van der Waals surface area contributed by atoms with Gasteiger partial charge in [0.05, 0.1) is 31.6 Å². The lowest BCUT2D eigenvalue weighted by molar-refractivity contribution is -0.137. The Hall–Kier alpha value is -1.17. The van der Waals surface area contributed by atoms with Crippen molar-refractivity contribution in [3.05, 3.63) is 11.8 Å². The highest BCUT2D eigenvalue weighted by molar-refractivity contribution is 5.82. The second-order valence-corrected chi connectivity index (χ2v) is 3.03. The molecule has 0 radical (unpaired) electrons. The predicted molar refractivity (Wildman–Crippen MR) is 48.5 cm³/mol. The third-order valence-corrected chi connectivity index (χ3v) is 1.80. The minimum Gasteiger partial charge on any atom is -0.463 e. The Bertz CT molecular complexity index is 252. The van der Waals surface area contributed by atoms with Crippen LogP contribution in [0.25, 0.3) is 0 Å². The van der Waals surface area contributed by atoms with Gasteiger partial charge in [0.1, 0.15) is 0 Å². The Balaban J connectivity index is 2.51. The first kappa shape index (κ1) is 11.9. The molecule has 0 spiro atoms. The predicted octanol–water partition coefficient (Wildman–Crippen LogP) is 0.687. The number of allylic oxidation sites excluding steroid dienone is 1. The highest BCUT2D eigenvalue weighted by Gasteiger charge is 2.23. The van der Waals surface area contributed by atoms with Crippen molar-refractivity contribution in [3.63, 3.8) is 0 Å². The smallest absolute Gasteiger partial charge is 0.332 e. The third-order valence-electron chi connectivity index (χ3n) is 1.80. The molecular weight excluding hydrogens is 208 g/mol. The molecule has 1 N–H and O–H groups in total. The molecule has 1 aliphatic rings. The van der Waals surface area contributed by atoms with Crippen LogP contribution in [0.15, 0.2) is 11.8 Å². The average molecular weight is 221 g/mol.